The van der Waals surface area contributed by atoms with Crippen LogP contribution in [-0.2, 0) is 9.09 Å². The number of anilines is 1. The molecule has 2 rings (SSSR count). The van der Waals surface area contributed by atoms with Crippen molar-refractivity contribution in [1.29, 1.82) is 0 Å². The van der Waals surface area contributed by atoms with E-state index in [0.717, 1.165) is 12.1 Å². The zero-order chi connectivity index (χ0) is 18.4. The summed E-state index contributed by atoms with van der Waals surface area (Å²) in [6.07, 6.45) is 0.793. The SMILES string of the molecule is CC(C)CCO[P@@](=O)(c1ccc(N(C)C)cc1)[C@H](O)c1ccccc1. The number of aliphatic hydroxyl groups is 1. The van der Waals surface area contributed by atoms with E-state index < -0.39 is 13.2 Å². The molecule has 1 N–H and O–H groups in total. The number of hydrogen-bond acceptors (Lipinski definition) is 4. The Morgan fingerprint density at radius 2 is 1.64 bits per heavy atom. The van der Waals surface area contributed by atoms with E-state index >= 15 is 0 Å². The van der Waals surface area contributed by atoms with Gasteiger partial charge >= 0.3 is 0 Å². The van der Waals surface area contributed by atoms with Gasteiger partial charge in [-0.15, -0.1) is 0 Å². The van der Waals surface area contributed by atoms with Crippen molar-refractivity contribution in [3.8, 4) is 0 Å². The molecule has 2 aromatic rings. The van der Waals surface area contributed by atoms with Crippen LogP contribution in [0.15, 0.2) is 54.6 Å². The largest absolute Gasteiger partial charge is 0.378 e. The minimum atomic E-state index is -3.45. The number of hydrogen-bond donors (Lipinski definition) is 1. The molecule has 0 bridgehead atoms. The van der Waals surface area contributed by atoms with Crippen LogP contribution in [0.5, 0.6) is 0 Å². The Hall–Kier alpha value is -1.61. The lowest BCUT2D eigenvalue weighted by Gasteiger charge is -2.25. The lowest BCUT2D eigenvalue weighted by atomic mass is 10.2. The van der Waals surface area contributed by atoms with Gasteiger partial charge in [0, 0.05) is 25.1 Å². The van der Waals surface area contributed by atoms with E-state index in [1.807, 2.05) is 49.3 Å². The average Bonchev–Trinajstić information content (AvgIpc) is 2.61. The Balaban J connectivity index is 2.35. The van der Waals surface area contributed by atoms with Crippen molar-refractivity contribution < 1.29 is 14.2 Å². The van der Waals surface area contributed by atoms with Gasteiger partial charge in [0.2, 0.25) is 0 Å². The van der Waals surface area contributed by atoms with Crippen molar-refractivity contribution in [3.05, 3.63) is 60.2 Å². The van der Waals surface area contributed by atoms with Crippen molar-refractivity contribution in [2.24, 2.45) is 5.92 Å². The smallest absolute Gasteiger partial charge is 0.264 e. The predicted molar refractivity (Wildman–Crippen MR) is 105 cm³/mol. The molecule has 4 nitrogen and oxygen atoms in total. The summed E-state index contributed by atoms with van der Waals surface area (Å²) in [6.45, 7) is 4.54. The van der Waals surface area contributed by atoms with E-state index in [0.29, 0.717) is 23.4 Å². The van der Waals surface area contributed by atoms with Gasteiger partial charge in [0.1, 0.15) is 0 Å². The lowest BCUT2D eigenvalue weighted by Crippen LogP contribution is -2.16. The molecule has 0 aliphatic carbocycles. The first-order valence-electron chi connectivity index (χ1n) is 8.60. The molecular weight excluding hydrogens is 333 g/mol. The van der Waals surface area contributed by atoms with Gasteiger partial charge in [-0.3, -0.25) is 4.57 Å². The highest BCUT2D eigenvalue weighted by molar-refractivity contribution is 7.67. The molecule has 0 aromatic heterocycles. The van der Waals surface area contributed by atoms with Crippen molar-refractivity contribution in [2.45, 2.75) is 26.1 Å². The van der Waals surface area contributed by atoms with Crippen LogP contribution >= 0.6 is 7.37 Å². The standard InChI is InChI=1S/C20H28NO3P/c1-16(2)14-15-24-25(23,20(22)17-8-6-5-7-9-17)19-12-10-18(11-13-19)21(3)4/h5-13,16,20,22H,14-15H2,1-4H3/t20-,25-/m0/s1. The number of rotatable bonds is 8. The zero-order valence-electron chi connectivity index (χ0n) is 15.4. The van der Waals surface area contributed by atoms with E-state index in [1.165, 1.54) is 0 Å². The van der Waals surface area contributed by atoms with Crippen LogP contribution in [0.2, 0.25) is 0 Å². The van der Waals surface area contributed by atoms with Crippen molar-refractivity contribution in [2.75, 3.05) is 25.6 Å². The van der Waals surface area contributed by atoms with Crippen molar-refractivity contribution >= 4 is 18.4 Å². The van der Waals surface area contributed by atoms with Crippen LogP contribution in [0, 0.1) is 5.92 Å². The predicted octanol–water partition coefficient (Wildman–Crippen LogP) is 4.41. The van der Waals surface area contributed by atoms with Crippen LogP contribution < -0.4 is 10.2 Å². The zero-order valence-corrected chi connectivity index (χ0v) is 16.3. The Morgan fingerprint density at radius 3 is 2.16 bits per heavy atom. The molecule has 0 aliphatic heterocycles. The average molecular weight is 361 g/mol. The third-order valence-corrected chi connectivity index (χ3v) is 6.65. The van der Waals surface area contributed by atoms with Gasteiger partial charge in [-0.2, -0.15) is 0 Å². The summed E-state index contributed by atoms with van der Waals surface area (Å²) in [6, 6.07) is 16.4. The van der Waals surface area contributed by atoms with E-state index in [2.05, 4.69) is 13.8 Å². The summed E-state index contributed by atoms with van der Waals surface area (Å²) in [5.74, 6) is -0.732. The maximum atomic E-state index is 13.7. The molecule has 2 atom stereocenters. The molecule has 5 heteroatoms. The van der Waals surface area contributed by atoms with Gasteiger partial charge < -0.3 is 14.5 Å². The first-order valence-corrected chi connectivity index (χ1v) is 10.3. The van der Waals surface area contributed by atoms with Gasteiger partial charge in [0.15, 0.2) is 5.85 Å². The molecule has 0 saturated carbocycles. The Morgan fingerprint density at radius 1 is 1.04 bits per heavy atom. The third-order valence-electron chi connectivity index (χ3n) is 4.12. The van der Waals surface area contributed by atoms with Gasteiger partial charge in [-0.05, 0) is 42.2 Å². The van der Waals surface area contributed by atoms with Gasteiger partial charge in [0.25, 0.3) is 7.37 Å². The minimum Gasteiger partial charge on any atom is -0.378 e. The van der Waals surface area contributed by atoms with E-state index in [1.54, 1.807) is 24.3 Å². The molecule has 0 amide bonds. The molecular formula is C20H28NO3P. The summed E-state index contributed by atoms with van der Waals surface area (Å²) >= 11 is 0. The van der Waals surface area contributed by atoms with Gasteiger partial charge in [-0.1, -0.05) is 44.2 Å². The quantitative estimate of drug-likeness (QED) is 0.708. The van der Waals surface area contributed by atoms with Crippen LogP contribution in [0.1, 0.15) is 31.7 Å². The number of aliphatic hydroxyl groups excluding tert-OH is 1. The second-order valence-corrected chi connectivity index (χ2v) is 9.27. The highest BCUT2D eigenvalue weighted by Gasteiger charge is 2.36. The summed E-state index contributed by atoms with van der Waals surface area (Å²) < 4.78 is 19.5. The molecule has 0 fully saturated rings. The molecule has 0 saturated heterocycles. The summed E-state index contributed by atoms with van der Waals surface area (Å²) in [5, 5.41) is 11.4. The highest BCUT2D eigenvalue weighted by Crippen LogP contribution is 2.57. The first-order chi connectivity index (χ1) is 11.8. The highest BCUT2D eigenvalue weighted by atomic mass is 31.2. The van der Waals surface area contributed by atoms with E-state index in [4.69, 9.17) is 4.52 Å². The molecule has 0 heterocycles. The fraction of sp³-hybridized carbons (Fsp3) is 0.400. The van der Waals surface area contributed by atoms with Crippen LogP contribution in [0.4, 0.5) is 5.69 Å². The summed E-state index contributed by atoms with van der Waals surface area (Å²) in [4.78, 5) is 1.97. The fourth-order valence-electron chi connectivity index (χ4n) is 2.49. The second kappa shape index (κ2) is 8.66. The maximum absolute atomic E-state index is 13.7. The van der Waals surface area contributed by atoms with Crippen LogP contribution in [0.25, 0.3) is 0 Å². The molecule has 136 valence electrons. The first kappa shape index (κ1) is 19.7. The number of benzene rings is 2. The minimum absolute atomic E-state index is 0.355. The van der Waals surface area contributed by atoms with Crippen molar-refractivity contribution in [1.82, 2.24) is 0 Å². The second-order valence-electron chi connectivity index (χ2n) is 6.81. The van der Waals surface area contributed by atoms with Gasteiger partial charge in [-0.25, -0.2) is 0 Å². The Labute approximate surface area is 150 Å². The Kier molecular flexibility index (Phi) is 6.83. The third kappa shape index (κ3) is 4.94. The normalized spacial score (nSPS) is 15.0. The molecule has 0 radical (unpaired) electrons. The van der Waals surface area contributed by atoms with Crippen LogP contribution in [0.3, 0.4) is 0 Å². The van der Waals surface area contributed by atoms with Crippen molar-refractivity contribution in [3.63, 3.8) is 0 Å². The maximum Gasteiger partial charge on any atom is 0.264 e. The molecule has 0 spiro atoms. The van der Waals surface area contributed by atoms with E-state index in [-0.39, 0.29) is 0 Å². The molecule has 25 heavy (non-hydrogen) atoms. The Bertz CT molecular complexity index is 699. The topological polar surface area (TPSA) is 49.8 Å². The van der Waals surface area contributed by atoms with Crippen LogP contribution in [-0.4, -0.2) is 25.8 Å². The number of nitrogens with zero attached hydrogens (tertiary/aromatic N) is 1. The molecule has 2 aromatic carbocycles. The summed E-state index contributed by atoms with van der Waals surface area (Å²) in [7, 11) is 0.448. The molecule has 0 unspecified atom stereocenters. The lowest BCUT2D eigenvalue weighted by molar-refractivity contribution is 0.209. The summed E-state index contributed by atoms with van der Waals surface area (Å²) in [5.41, 5.74) is 1.61. The monoisotopic (exact) mass is 361 g/mol. The van der Waals surface area contributed by atoms with E-state index in [9.17, 15) is 9.67 Å². The fourth-order valence-corrected chi connectivity index (χ4v) is 4.57. The molecule has 0 aliphatic rings. The van der Waals surface area contributed by atoms with Gasteiger partial charge in [0.05, 0.1) is 6.61 Å².